The molecule has 0 bridgehead atoms. The normalized spacial score (nSPS) is 12.2. The molecule has 1 atom stereocenters. The number of aryl methyl sites for hydroxylation is 1. The molecule has 19 heavy (non-hydrogen) atoms. The van der Waals surface area contributed by atoms with E-state index in [2.05, 4.69) is 4.98 Å². The molecule has 5 nitrogen and oxygen atoms in total. The Labute approximate surface area is 113 Å². The molecule has 106 valence electrons. The molecule has 0 saturated heterocycles. The van der Waals surface area contributed by atoms with Gasteiger partial charge in [-0.1, -0.05) is 13.3 Å². The van der Waals surface area contributed by atoms with Gasteiger partial charge in [0.15, 0.2) is 0 Å². The van der Waals surface area contributed by atoms with Gasteiger partial charge in [-0.3, -0.25) is 0 Å². The molecule has 1 aromatic rings. The third kappa shape index (κ3) is 4.87. The Morgan fingerprint density at radius 2 is 2.16 bits per heavy atom. The van der Waals surface area contributed by atoms with Gasteiger partial charge in [0.2, 0.25) is 0 Å². The van der Waals surface area contributed by atoms with E-state index in [0.29, 0.717) is 18.8 Å². The third-order valence-electron chi connectivity index (χ3n) is 2.89. The van der Waals surface area contributed by atoms with Crippen LogP contribution in [0.2, 0.25) is 0 Å². The fourth-order valence-corrected chi connectivity index (χ4v) is 1.77. The molecule has 1 aromatic heterocycles. The molecule has 1 heterocycles. The molecule has 5 heteroatoms. The van der Waals surface area contributed by atoms with Gasteiger partial charge in [0, 0.05) is 19.3 Å². The number of carboxylic acids is 1. The zero-order valence-electron chi connectivity index (χ0n) is 11.8. The standard InChI is InChI=1S/C14H22N2O3/c1-4-5-12-8-11(14(18)19)9-13(15-12)16(3)7-6-10(2)17/h8-10,17H,4-7H2,1-3H3,(H,18,19). The van der Waals surface area contributed by atoms with Crippen LogP contribution >= 0.6 is 0 Å². The van der Waals surface area contributed by atoms with Crippen molar-refractivity contribution in [3.8, 4) is 0 Å². The Bertz CT molecular complexity index is 433. The van der Waals surface area contributed by atoms with Crippen LogP contribution in [0.15, 0.2) is 12.1 Å². The Morgan fingerprint density at radius 1 is 1.47 bits per heavy atom. The molecular formula is C14H22N2O3. The number of hydrogen-bond donors (Lipinski definition) is 2. The van der Waals surface area contributed by atoms with E-state index in [1.165, 1.54) is 0 Å². The van der Waals surface area contributed by atoms with Gasteiger partial charge in [-0.05, 0) is 31.9 Å². The first-order chi connectivity index (χ1) is 8.93. The van der Waals surface area contributed by atoms with E-state index in [1.54, 1.807) is 19.1 Å². The number of carbonyl (C=O) groups is 1. The number of aliphatic hydroxyl groups excluding tert-OH is 1. The van der Waals surface area contributed by atoms with Crippen LogP contribution < -0.4 is 4.90 Å². The highest BCUT2D eigenvalue weighted by Crippen LogP contribution is 2.16. The Kier molecular flexibility index (Phi) is 5.76. The SMILES string of the molecule is CCCc1cc(C(=O)O)cc(N(C)CCC(C)O)n1. The van der Waals surface area contributed by atoms with Crippen LogP contribution in [0.3, 0.4) is 0 Å². The van der Waals surface area contributed by atoms with Crippen molar-refractivity contribution >= 4 is 11.8 Å². The van der Waals surface area contributed by atoms with Crippen LogP contribution in [-0.2, 0) is 6.42 Å². The van der Waals surface area contributed by atoms with Crippen LogP contribution in [0.25, 0.3) is 0 Å². The third-order valence-corrected chi connectivity index (χ3v) is 2.89. The summed E-state index contributed by atoms with van der Waals surface area (Å²) in [6.45, 7) is 4.41. The van der Waals surface area contributed by atoms with Crippen molar-refractivity contribution in [1.82, 2.24) is 4.98 Å². The van der Waals surface area contributed by atoms with E-state index in [1.807, 2.05) is 18.9 Å². The molecule has 0 amide bonds. The molecule has 1 unspecified atom stereocenters. The second-order valence-corrected chi connectivity index (χ2v) is 4.82. The number of rotatable bonds is 7. The number of pyridine rings is 1. The summed E-state index contributed by atoms with van der Waals surface area (Å²) in [5.74, 6) is -0.297. The van der Waals surface area contributed by atoms with Crippen molar-refractivity contribution in [2.24, 2.45) is 0 Å². The minimum absolute atomic E-state index is 0.261. The van der Waals surface area contributed by atoms with E-state index in [0.717, 1.165) is 18.5 Å². The smallest absolute Gasteiger partial charge is 0.335 e. The predicted octanol–water partition coefficient (Wildman–Crippen LogP) is 1.94. The Morgan fingerprint density at radius 3 is 2.68 bits per heavy atom. The number of aromatic carboxylic acids is 1. The topological polar surface area (TPSA) is 73.7 Å². The molecule has 0 aromatic carbocycles. The summed E-state index contributed by atoms with van der Waals surface area (Å²) in [6, 6.07) is 3.20. The van der Waals surface area contributed by atoms with Gasteiger partial charge in [-0.15, -0.1) is 0 Å². The van der Waals surface area contributed by atoms with Crippen molar-refractivity contribution < 1.29 is 15.0 Å². The quantitative estimate of drug-likeness (QED) is 0.789. The predicted molar refractivity (Wildman–Crippen MR) is 74.8 cm³/mol. The van der Waals surface area contributed by atoms with Crippen molar-refractivity contribution in [3.63, 3.8) is 0 Å². The second kappa shape index (κ2) is 7.09. The first kappa shape index (κ1) is 15.4. The maximum Gasteiger partial charge on any atom is 0.335 e. The molecule has 1 rings (SSSR count). The van der Waals surface area contributed by atoms with Gasteiger partial charge in [0.25, 0.3) is 0 Å². The molecule has 0 radical (unpaired) electrons. The van der Waals surface area contributed by atoms with Gasteiger partial charge in [0.05, 0.1) is 11.7 Å². The zero-order valence-corrected chi connectivity index (χ0v) is 11.8. The van der Waals surface area contributed by atoms with Gasteiger partial charge < -0.3 is 15.1 Å². The molecule has 0 fully saturated rings. The fourth-order valence-electron chi connectivity index (χ4n) is 1.77. The molecular weight excluding hydrogens is 244 g/mol. The van der Waals surface area contributed by atoms with Crippen LogP contribution in [0.4, 0.5) is 5.82 Å². The number of aliphatic hydroxyl groups is 1. The highest BCUT2D eigenvalue weighted by molar-refractivity contribution is 5.88. The lowest BCUT2D eigenvalue weighted by Crippen LogP contribution is -2.23. The number of anilines is 1. The maximum absolute atomic E-state index is 11.1. The van der Waals surface area contributed by atoms with E-state index < -0.39 is 5.97 Å². The van der Waals surface area contributed by atoms with Crippen molar-refractivity contribution in [3.05, 3.63) is 23.4 Å². The first-order valence-corrected chi connectivity index (χ1v) is 6.57. The molecule has 0 spiro atoms. The summed E-state index contributed by atoms with van der Waals surface area (Å²) in [6.07, 6.45) is 1.93. The molecule has 2 N–H and O–H groups in total. The van der Waals surface area contributed by atoms with E-state index in [-0.39, 0.29) is 11.7 Å². The van der Waals surface area contributed by atoms with E-state index in [9.17, 15) is 9.90 Å². The second-order valence-electron chi connectivity index (χ2n) is 4.82. The molecule has 0 aliphatic rings. The number of carboxylic acid groups (broad SMARTS) is 1. The highest BCUT2D eigenvalue weighted by atomic mass is 16.4. The van der Waals surface area contributed by atoms with Crippen molar-refractivity contribution in [2.75, 3.05) is 18.5 Å². The summed E-state index contributed by atoms with van der Waals surface area (Å²) in [4.78, 5) is 17.4. The van der Waals surface area contributed by atoms with Gasteiger partial charge in [-0.2, -0.15) is 0 Å². The first-order valence-electron chi connectivity index (χ1n) is 6.57. The Balaban J connectivity index is 2.94. The minimum Gasteiger partial charge on any atom is -0.478 e. The lowest BCUT2D eigenvalue weighted by atomic mass is 10.1. The lowest BCUT2D eigenvalue weighted by Gasteiger charge is -2.20. The summed E-state index contributed by atoms with van der Waals surface area (Å²) in [7, 11) is 1.85. The minimum atomic E-state index is -0.940. The van der Waals surface area contributed by atoms with Gasteiger partial charge >= 0.3 is 5.97 Å². The number of nitrogens with zero attached hydrogens (tertiary/aromatic N) is 2. The highest BCUT2D eigenvalue weighted by Gasteiger charge is 2.11. The maximum atomic E-state index is 11.1. The number of aromatic nitrogens is 1. The molecule has 0 saturated carbocycles. The summed E-state index contributed by atoms with van der Waals surface area (Å²) in [5, 5.41) is 18.4. The fraction of sp³-hybridized carbons (Fsp3) is 0.571. The summed E-state index contributed by atoms with van der Waals surface area (Å²) >= 11 is 0. The van der Waals surface area contributed by atoms with E-state index in [4.69, 9.17) is 5.11 Å². The van der Waals surface area contributed by atoms with Crippen LogP contribution in [0.5, 0.6) is 0 Å². The zero-order chi connectivity index (χ0) is 14.4. The van der Waals surface area contributed by atoms with Crippen LogP contribution in [-0.4, -0.2) is 40.9 Å². The monoisotopic (exact) mass is 266 g/mol. The molecule has 0 aliphatic carbocycles. The lowest BCUT2D eigenvalue weighted by molar-refractivity contribution is 0.0696. The molecule has 0 aliphatic heterocycles. The van der Waals surface area contributed by atoms with Crippen molar-refractivity contribution in [1.29, 1.82) is 0 Å². The Hall–Kier alpha value is -1.62. The van der Waals surface area contributed by atoms with Crippen LogP contribution in [0, 0.1) is 0 Å². The summed E-state index contributed by atoms with van der Waals surface area (Å²) < 4.78 is 0. The average molecular weight is 266 g/mol. The van der Waals surface area contributed by atoms with Crippen molar-refractivity contribution in [2.45, 2.75) is 39.2 Å². The van der Waals surface area contributed by atoms with E-state index >= 15 is 0 Å². The number of hydrogen-bond acceptors (Lipinski definition) is 4. The largest absolute Gasteiger partial charge is 0.478 e. The van der Waals surface area contributed by atoms with Gasteiger partial charge in [-0.25, -0.2) is 9.78 Å². The van der Waals surface area contributed by atoms with Gasteiger partial charge in [0.1, 0.15) is 5.82 Å². The van der Waals surface area contributed by atoms with Crippen LogP contribution in [0.1, 0.15) is 42.7 Å². The summed E-state index contributed by atoms with van der Waals surface area (Å²) in [5.41, 5.74) is 1.05. The average Bonchev–Trinajstić information content (AvgIpc) is 2.35.